The van der Waals surface area contributed by atoms with E-state index in [2.05, 4.69) is 0 Å². The Morgan fingerprint density at radius 2 is 2.03 bits per heavy atom. The molecule has 1 amide bonds. The molecule has 0 spiro atoms. The molecule has 1 heterocycles. The van der Waals surface area contributed by atoms with Crippen molar-refractivity contribution in [2.45, 2.75) is 43.8 Å². The van der Waals surface area contributed by atoms with Crippen LogP contribution in [0, 0.1) is 11.7 Å². The number of ether oxygens (including phenoxy) is 3. The quantitative estimate of drug-likeness (QED) is 0.244. The molecular weight excluding hydrogens is 503 g/mol. The lowest BCUT2D eigenvalue weighted by Crippen LogP contribution is -2.46. The van der Waals surface area contributed by atoms with Crippen LogP contribution in [0.4, 0.5) is 4.39 Å². The summed E-state index contributed by atoms with van der Waals surface area (Å²) in [4.78, 5) is 14.1. The number of nitrogens with one attached hydrogen (secondary N) is 1. The highest BCUT2D eigenvalue weighted by Gasteiger charge is 2.34. The Labute approximate surface area is 208 Å². The molecule has 1 saturated heterocycles. The molecule has 192 valence electrons. The van der Waals surface area contributed by atoms with Gasteiger partial charge in [0.1, 0.15) is 18.2 Å². The van der Waals surface area contributed by atoms with E-state index in [1.807, 2.05) is 11.8 Å². The largest absolute Gasteiger partial charge is 0.489 e. The monoisotopic (exact) mass is 530 g/mol. The second kappa shape index (κ2) is 12.6. The van der Waals surface area contributed by atoms with E-state index in [1.165, 1.54) is 42.5 Å². The highest BCUT2D eigenvalue weighted by Crippen LogP contribution is 2.25. The zero-order valence-corrected chi connectivity index (χ0v) is 20.7. The average molecular weight is 531 g/mol. The van der Waals surface area contributed by atoms with Crippen molar-refractivity contribution in [2.75, 3.05) is 19.8 Å². The van der Waals surface area contributed by atoms with E-state index < -0.39 is 27.7 Å². The molecule has 1 aliphatic rings. The van der Waals surface area contributed by atoms with E-state index in [0.717, 1.165) is 6.42 Å². The predicted molar refractivity (Wildman–Crippen MR) is 125 cm³/mol. The second-order valence-corrected chi connectivity index (χ2v) is 10.1. The number of hydrazine groups is 1. The van der Waals surface area contributed by atoms with Gasteiger partial charge in [-0.15, -0.1) is 5.17 Å². The standard InChI is InChI=1S/C23H28ClFN2O7S/c1-2-32-11-3-4-20-12-17(15-34-20)23(28)27(29)26-35(30,31)21-9-7-19(8-10-21)33-14-16-5-6-18(24)13-22(16)25/h5-10,13,17,20,26,29H,2-4,11-12,14-15H2,1H3. The van der Waals surface area contributed by atoms with Gasteiger partial charge in [-0.2, -0.15) is 0 Å². The molecule has 0 aromatic heterocycles. The highest BCUT2D eigenvalue weighted by atomic mass is 35.5. The Balaban J connectivity index is 1.51. The predicted octanol–water partition coefficient (Wildman–Crippen LogP) is 3.69. The van der Waals surface area contributed by atoms with Crippen LogP contribution in [0.15, 0.2) is 47.4 Å². The van der Waals surface area contributed by atoms with E-state index in [4.69, 9.17) is 25.8 Å². The number of carbonyl (C=O) groups is 1. The van der Waals surface area contributed by atoms with Crippen LogP contribution >= 0.6 is 11.6 Å². The van der Waals surface area contributed by atoms with Crippen LogP contribution in [0.3, 0.4) is 0 Å². The van der Waals surface area contributed by atoms with E-state index >= 15 is 0 Å². The third-order valence-electron chi connectivity index (χ3n) is 5.41. The third kappa shape index (κ3) is 7.86. The Morgan fingerprint density at radius 1 is 1.29 bits per heavy atom. The zero-order chi connectivity index (χ0) is 25.4. The number of carbonyl (C=O) groups excluding carboxylic acids is 1. The summed E-state index contributed by atoms with van der Waals surface area (Å²) >= 11 is 5.72. The van der Waals surface area contributed by atoms with E-state index in [-0.39, 0.29) is 40.0 Å². The van der Waals surface area contributed by atoms with Crippen LogP contribution in [-0.2, 0) is 30.9 Å². The fourth-order valence-corrected chi connectivity index (χ4v) is 4.61. The van der Waals surface area contributed by atoms with Crippen LogP contribution in [0.25, 0.3) is 0 Å². The van der Waals surface area contributed by atoms with Gasteiger partial charge in [0.2, 0.25) is 0 Å². The maximum absolute atomic E-state index is 13.9. The minimum Gasteiger partial charge on any atom is -0.489 e. The molecule has 2 atom stereocenters. The molecule has 0 radical (unpaired) electrons. The minimum absolute atomic E-state index is 0.0142. The number of nitrogens with zero attached hydrogens (tertiary/aromatic N) is 1. The van der Waals surface area contributed by atoms with E-state index in [0.29, 0.717) is 31.8 Å². The maximum atomic E-state index is 13.9. The lowest BCUT2D eigenvalue weighted by atomic mass is 10.0. The van der Waals surface area contributed by atoms with Crippen LogP contribution in [0.5, 0.6) is 5.75 Å². The number of halogens is 2. The van der Waals surface area contributed by atoms with Crippen molar-refractivity contribution in [1.29, 1.82) is 0 Å². The van der Waals surface area contributed by atoms with Gasteiger partial charge in [-0.1, -0.05) is 22.5 Å². The average Bonchev–Trinajstić information content (AvgIpc) is 3.30. The zero-order valence-electron chi connectivity index (χ0n) is 19.2. The topological polar surface area (TPSA) is 114 Å². The number of amides is 1. The molecule has 2 aromatic carbocycles. The summed E-state index contributed by atoms with van der Waals surface area (Å²) in [6.07, 6.45) is 1.72. The number of sulfonamides is 1. The molecule has 1 aliphatic heterocycles. The summed E-state index contributed by atoms with van der Waals surface area (Å²) in [5.41, 5.74) is 0.287. The summed E-state index contributed by atoms with van der Waals surface area (Å²) in [6.45, 7) is 3.15. The summed E-state index contributed by atoms with van der Waals surface area (Å²) in [7, 11) is -4.25. The summed E-state index contributed by atoms with van der Waals surface area (Å²) < 4.78 is 55.4. The fraction of sp³-hybridized carbons (Fsp3) is 0.435. The van der Waals surface area contributed by atoms with Crippen molar-refractivity contribution < 1.29 is 37.0 Å². The third-order valence-corrected chi connectivity index (χ3v) is 6.95. The highest BCUT2D eigenvalue weighted by molar-refractivity contribution is 7.89. The van der Waals surface area contributed by atoms with Crippen LogP contribution in [0.2, 0.25) is 5.02 Å². The Hall–Kier alpha value is -2.28. The molecule has 2 unspecified atom stereocenters. The van der Waals surface area contributed by atoms with Gasteiger partial charge in [-0.3, -0.25) is 10.0 Å². The molecule has 2 aromatic rings. The molecule has 3 rings (SSSR count). The van der Waals surface area contributed by atoms with E-state index in [9.17, 15) is 22.8 Å². The van der Waals surface area contributed by atoms with Gasteiger partial charge in [-0.25, -0.2) is 12.8 Å². The van der Waals surface area contributed by atoms with Crippen molar-refractivity contribution in [3.8, 4) is 5.75 Å². The molecule has 35 heavy (non-hydrogen) atoms. The van der Waals surface area contributed by atoms with Gasteiger partial charge in [0.05, 0.1) is 23.5 Å². The molecule has 1 fully saturated rings. The first kappa shape index (κ1) is 27.3. The van der Waals surface area contributed by atoms with Gasteiger partial charge in [0.15, 0.2) is 0 Å². The van der Waals surface area contributed by atoms with Gasteiger partial charge in [-0.05, 0) is 62.6 Å². The molecule has 12 heteroatoms. The van der Waals surface area contributed by atoms with Crippen molar-refractivity contribution in [3.63, 3.8) is 0 Å². The van der Waals surface area contributed by atoms with Crippen LogP contribution < -0.4 is 9.57 Å². The first-order valence-corrected chi connectivity index (χ1v) is 13.0. The van der Waals surface area contributed by atoms with E-state index in [1.54, 1.807) is 0 Å². The minimum atomic E-state index is -4.25. The number of benzene rings is 2. The summed E-state index contributed by atoms with van der Waals surface area (Å²) in [6, 6.07) is 9.43. The fourth-order valence-electron chi connectivity index (χ4n) is 3.54. The summed E-state index contributed by atoms with van der Waals surface area (Å²) in [5.74, 6) is -1.68. The van der Waals surface area contributed by atoms with Gasteiger partial charge in [0, 0.05) is 23.8 Å². The smallest absolute Gasteiger partial charge is 0.267 e. The van der Waals surface area contributed by atoms with Crippen molar-refractivity contribution in [2.24, 2.45) is 5.92 Å². The Kier molecular flexibility index (Phi) is 9.84. The lowest BCUT2D eigenvalue weighted by Gasteiger charge is -2.19. The molecular formula is C23H28ClFN2O7S. The summed E-state index contributed by atoms with van der Waals surface area (Å²) in [5, 5.41) is 10.3. The molecule has 0 aliphatic carbocycles. The van der Waals surface area contributed by atoms with Gasteiger partial charge in [0.25, 0.3) is 15.9 Å². The second-order valence-electron chi connectivity index (χ2n) is 7.97. The first-order valence-electron chi connectivity index (χ1n) is 11.1. The SMILES string of the molecule is CCOCCCC1CC(C(=O)N(O)NS(=O)(=O)c2ccc(OCc3ccc(Cl)cc3F)cc2)CO1. The number of hydrogen-bond donors (Lipinski definition) is 2. The molecule has 0 bridgehead atoms. The Morgan fingerprint density at radius 3 is 2.71 bits per heavy atom. The molecule has 9 nitrogen and oxygen atoms in total. The Bertz CT molecular complexity index is 1100. The van der Waals surface area contributed by atoms with Crippen molar-refractivity contribution in [1.82, 2.24) is 10.0 Å². The van der Waals surface area contributed by atoms with Crippen molar-refractivity contribution >= 4 is 27.5 Å². The van der Waals surface area contributed by atoms with Gasteiger partial charge >= 0.3 is 0 Å². The molecule has 2 N–H and O–H groups in total. The van der Waals surface area contributed by atoms with Gasteiger partial charge < -0.3 is 14.2 Å². The van der Waals surface area contributed by atoms with Crippen molar-refractivity contribution in [3.05, 3.63) is 58.9 Å². The normalized spacial score (nSPS) is 17.9. The maximum Gasteiger partial charge on any atom is 0.267 e. The number of rotatable bonds is 12. The number of hydrogen-bond acceptors (Lipinski definition) is 7. The lowest BCUT2D eigenvalue weighted by molar-refractivity contribution is -0.177. The number of hydroxylamine groups is 1. The molecule has 0 saturated carbocycles. The van der Waals surface area contributed by atoms with Crippen LogP contribution in [0.1, 0.15) is 31.7 Å². The van der Waals surface area contributed by atoms with Crippen LogP contribution in [-0.4, -0.2) is 50.6 Å². The first-order chi connectivity index (χ1) is 16.7.